The molecule has 5 heterocycles. The number of aliphatic imine (C=N–C) groups is 2. The number of hydrogen-bond donors (Lipinski definition) is 23. The SMILES string of the molecule is CC(C)C[C@H](NC(=O)[C@@H]1CCCN1C(=O)[C@@H]1CCC(=O)N1)C(=O)N1CCC[C@H]1C(=O)N[C@@H](CC(=O)O)C(=O)N[C@H]1CSSC[C@@H]2NC(=O)[C@H]([C@@H](C)O)NC(=O)[C@H](CCCCN)NC(=O)[C@H](CCC(N)=O)NC(=O)[C@H](CCCN=C(N)N)NC(=O)[C@H](CSSC[C@@H](C(=O)N[C@@H](CCCN=C(N)N)C(=O)O)NC(=O)[C@H](CO)NC2=O)NC1=O. The van der Waals surface area contributed by atoms with Crippen LogP contribution in [0, 0.1) is 5.92 Å². The fraction of sp³-hybridized carbons (Fsp3) is 0.701. The number of nitrogens with one attached hydrogen (secondary N) is 13. The summed E-state index contributed by atoms with van der Waals surface area (Å²) in [6.07, 6.45) is -3.48. The van der Waals surface area contributed by atoms with Crippen LogP contribution in [0.4, 0.5) is 0 Å². The fourth-order valence-corrected chi connectivity index (χ4v) is 17.4. The summed E-state index contributed by atoms with van der Waals surface area (Å²) in [5.74, 6) is -23.1. The van der Waals surface area contributed by atoms with Gasteiger partial charge in [0.15, 0.2) is 11.9 Å². The number of carboxylic acids is 2. The molecule has 5 rings (SSSR count). The molecule has 16 atom stereocenters. The standard InChI is InChI=1S/C67H109N23O22S4/c1-31(2)24-39(82-61(107)46-14-8-22-89(46)63(109)36-16-18-48(94)76-36)64(110)90-23-9-13-45(90)60(106)81-38(25-49(95)96)54(100)84-43-29-115-116-30-44-58(104)83-40(26-91)55(101)85-42(57(103)80-37(65(111)112)12-7-21-75-67(72)73)28-114-113-27-41(86-59(43)105)56(102)78-34(11-6-20-74-66(70)71)51(97)79-35(15-17-47(69)93)52(98)77-33(10-4-5-19-68)53(99)88-50(32(3)92)62(108)87-44/h31-46,50,91-92H,4-30,68H2,1-3H3,(H2,69,93)(H,76,94)(H,77,98)(H,78,102)(H,79,97)(H,80,103)(H,81,106)(H,82,107)(H,83,104)(H,84,100)(H,85,101)(H,86,105)(H,87,108)(H,88,99)(H,95,96)(H,111,112)(H4,70,71,74)(H4,72,73,75)/t32-,33+,34+,35+,36+,37+,38+,39+,40+,41+,42+,43+,44+,45+,46+,50+/m1/s1. The zero-order chi connectivity index (χ0) is 86.0. The lowest BCUT2D eigenvalue weighted by Gasteiger charge is -2.32. The molecule has 0 aromatic heterocycles. The minimum Gasteiger partial charge on any atom is -0.481 e. The van der Waals surface area contributed by atoms with E-state index in [-0.39, 0.29) is 140 Å². The van der Waals surface area contributed by atoms with Crippen molar-refractivity contribution in [1.82, 2.24) is 78.9 Å². The van der Waals surface area contributed by atoms with Gasteiger partial charge in [0, 0.05) is 62.0 Å². The Bertz CT molecular complexity index is 3600. The van der Waals surface area contributed by atoms with Crippen LogP contribution in [0.1, 0.15) is 130 Å². The molecule has 5 aliphatic heterocycles. The summed E-state index contributed by atoms with van der Waals surface area (Å²) >= 11 is 0. The molecule has 5 saturated heterocycles. The molecule has 0 saturated carbocycles. The van der Waals surface area contributed by atoms with Crippen LogP contribution in [0.2, 0.25) is 0 Å². The molecule has 0 aromatic rings. The molecule has 2 bridgehead atoms. The third kappa shape index (κ3) is 31.7. The molecule has 0 unspecified atom stereocenters. The Hall–Kier alpha value is -9.72. The zero-order valence-electron chi connectivity index (χ0n) is 64.4. The van der Waals surface area contributed by atoms with Gasteiger partial charge in [0.2, 0.25) is 94.5 Å². The Morgan fingerprint density at radius 1 is 0.534 bits per heavy atom. The Labute approximate surface area is 683 Å². The molecular weight excluding hydrogens is 1610 g/mol. The second kappa shape index (κ2) is 48.7. The number of amides is 16. The molecule has 5 fully saturated rings. The van der Waals surface area contributed by atoms with E-state index in [4.69, 9.17) is 34.4 Å². The second-order valence-electron chi connectivity index (χ2n) is 28.5. The number of fused-ring (bicyclic) bond motifs is 8. The number of aliphatic carboxylic acids is 2. The Balaban J connectivity index is 1.65. The van der Waals surface area contributed by atoms with Crippen LogP contribution in [0.25, 0.3) is 0 Å². The average molecular weight is 1720 g/mol. The lowest BCUT2D eigenvalue weighted by molar-refractivity contribution is -0.145. The maximum Gasteiger partial charge on any atom is 0.326 e. The molecule has 0 spiro atoms. The molecule has 5 aliphatic rings. The van der Waals surface area contributed by atoms with Gasteiger partial charge in [-0.2, -0.15) is 0 Å². The number of guanidine groups is 2. The van der Waals surface area contributed by atoms with E-state index in [1.54, 1.807) is 13.8 Å². The highest BCUT2D eigenvalue weighted by molar-refractivity contribution is 8.77. The third-order valence-corrected chi connectivity index (χ3v) is 23.7. The molecule has 116 heavy (non-hydrogen) atoms. The molecule has 0 aliphatic carbocycles. The number of aliphatic hydroxyl groups excluding tert-OH is 2. The van der Waals surface area contributed by atoms with Crippen molar-refractivity contribution < 1.29 is 107 Å². The number of unbranched alkanes of at least 4 members (excludes halogenated alkanes) is 1. The maximum absolute atomic E-state index is 15.3. The number of carbonyl (C=O) groups excluding carboxylic acids is 16. The van der Waals surface area contributed by atoms with Gasteiger partial charge in [-0.3, -0.25) is 91.5 Å². The lowest BCUT2D eigenvalue weighted by atomic mass is 10.0. The number of likely N-dealkylation sites (tertiary alicyclic amines) is 2. The van der Waals surface area contributed by atoms with Crippen molar-refractivity contribution in [3.63, 3.8) is 0 Å². The molecule has 0 aromatic carbocycles. The number of rotatable bonds is 32. The predicted octanol–water partition coefficient (Wildman–Crippen LogP) is -9.67. The van der Waals surface area contributed by atoms with E-state index in [1.807, 2.05) is 0 Å². The van der Waals surface area contributed by atoms with E-state index < -0.39 is 246 Å². The van der Waals surface area contributed by atoms with Crippen LogP contribution in [0.3, 0.4) is 0 Å². The Kier molecular flexibility index (Phi) is 40.7. The van der Waals surface area contributed by atoms with Gasteiger partial charge in [-0.15, -0.1) is 0 Å². The largest absolute Gasteiger partial charge is 0.481 e. The third-order valence-electron chi connectivity index (χ3n) is 18.8. The summed E-state index contributed by atoms with van der Waals surface area (Å²) in [6.45, 7) is 3.36. The predicted molar refractivity (Wildman–Crippen MR) is 423 cm³/mol. The van der Waals surface area contributed by atoms with E-state index in [2.05, 4.69) is 79.1 Å². The first-order chi connectivity index (χ1) is 54.9. The minimum atomic E-state index is -2.08. The highest BCUT2D eigenvalue weighted by Gasteiger charge is 2.45. The Morgan fingerprint density at radius 2 is 1.04 bits per heavy atom. The van der Waals surface area contributed by atoms with Crippen LogP contribution in [-0.4, -0.2) is 308 Å². The molecule has 16 amide bonds. The zero-order valence-corrected chi connectivity index (χ0v) is 67.7. The first kappa shape index (κ1) is 96.9. The maximum atomic E-state index is 15.3. The smallest absolute Gasteiger partial charge is 0.326 e. The first-order valence-electron chi connectivity index (χ1n) is 37.8. The number of primary amides is 1. The summed E-state index contributed by atoms with van der Waals surface area (Å²) in [5, 5.41) is 74.4. The summed E-state index contributed by atoms with van der Waals surface area (Å²) in [5.41, 5.74) is 33.3. The van der Waals surface area contributed by atoms with Gasteiger partial charge in [-0.05, 0) is 109 Å². The molecule has 0 radical (unpaired) electrons. The molecule has 648 valence electrons. The van der Waals surface area contributed by atoms with E-state index in [1.165, 1.54) is 4.90 Å². The Morgan fingerprint density at radius 3 is 1.59 bits per heavy atom. The second-order valence-corrected chi connectivity index (χ2v) is 33.6. The van der Waals surface area contributed by atoms with Crippen molar-refractivity contribution in [3.8, 4) is 0 Å². The van der Waals surface area contributed by atoms with E-state index in [0.29, 0.717) is 49.6 Å². The molecular formula is C67H109N23O22S4. The number of nitrogens with zero attached hydrogens (tertiary/aromatic N) is 4. The van der Waals surface area contributed by atoms with E-state index in [9.17, 15) is 97.1 Å². The van der Waals surface area contributed by atoms with Crippen molar-refractivity contribution >= 4 is 162 Å². The van der Waals surface area contributed by atoms with Crippen molar-refractivity contribution in [2.75, 3.05) is 62.3 Å². The fourth-order valence-electron chi connectivity index (χ4n) is 12.8. The van der Waals surface area contributed by atoms with Gasteiger partial charge in [0.25, 0.3) is 0 Å². The number of carbonyl (C=O) groups is 18. The van der Waals surface area contributed by atoms with Crippen molar-refractivity contribution in [1.29, 1.82) is 0 Å². The highest BCUT2D eigenvalue weighted by Crippen LogP contribution is 2.28. The summed E-state index contributed by atoms with van der Waals surface area (Å²) < 4.78 is 0. The lowest BCUT2D eigenvalue weighted by Crippen LogP contribution is -2.62. The van der Waals surface area contributed by atoms with Crippen molar-refractivity contribution in [3.05, 3.63) is 0 Å². The number of carboxylic acid groups (broad SMARTS) is 2. The van der Waals surface area contributed by atoms with Crippen LogP contribution in [0.5, 0.6) is 0 Å². The molecule has 45 nitrogen and oxygen atoms in total. The monoisotopic (exact) mass is 1720 g/mol. The minimum absolute atomic E-state index is 0.00126. The van der Waals surface area contributed by atoms with E-state index >= 15 is 9.59 Å². The average Bonchev–Trinajstić information content (AvgIpc) is 1.64. The summed E-state index contributed by atoms with van der Waals surface area (Å²) in [4.78, 5) is 264. The van der Waals surface area contributed by atoms with Gasteiger partial charge in [-0.1, -0.05) is 57.0 Å². The van der Waals surface area contributed by atoms with Crippen LogP contribution in [0.15, 0.2) is 9.98 Å². The van der Waals surface area contributed by atoms with Crippen LogP contribution >= 0.6 is 43.2 Å². The number of hydrogen-bond acceptors (Lipinski definition) is 27. The quantitative estimate of drug-likeness (QED) is 0.0129. The molecule has 29 N–H and O–H groups in total. The highest BCUT2D eigenvalue weighted by atomic mass is 33.1. The van der Waals surface area contributed by atoms with Crippen molar-refractivity contribution in [2.45, 2.75) is 227 Å². The van der Waals surface area contributed by atoms with Crippen LogP contribution in [-0.2, 0) is 86.3 Å². The normalized spacial score (nSPS) is 25.5. The van der Waals surface area contributed by atoms with Gasteiger partial charge >= 0.3 is 11.9 Å². The van der Waals surface area contributed by atoms with Gasteiger partial charge in [0.1, 0.15) is 90.6 Å². The molecule has 49 heteroatoms. The van der Waals surface area contributed by atoms with Crippen LogP contribution < -0.4 is 104 Å². The first-order valence-corrected chi connectivity index (χ1v) is 42.8. The van der Waals surface area contributed by atoms with Gasteiger partial charge < -0.3 is 134 Å². The number of nitrogens with two attached hydrogens (primary N) is 6. The van der Waals surface area contributed by atoms with Gasteiger partial charge in [0.05, 0.1) is 19.1 Å². The topological polar surface area (TPSA) is 732 Å². The van der Waals surface area contributed by atoms with Gasteiger partial charge in [-0.25, -0.2) is 4.79 Å². The number of aliphatic hydroxyl groups is 2. The van der Waals surface area contributed by atoms with Crippen molar-refractivity contribution in [2.24, 2.45) is 50.3 Å². The summed E-state index contributed by atoms with van der Waals surface area (Å²) in [7, 11) is 2.74. The summed E-state index contributed by atoms with van der Waals surface area (Å²) in [6, 6.07) is -25.0. The van der Waals surface area contributed by atoms with E-state index in [0.717, 1.165) is 11.8 Å².